The Hall–Kier alpha value is -2.62. The van der Waals surface area contributed by atoms with Gasteiger partial charge in [-0.1, -0.05) is 12.5 Å². The van der Waals surface area contributed by atoms with Crippen LogP contribution in [0, 0.1) is 5.82 Å². The summed E-state index contributed by atoms with van der Waals surface area (Å²) in [6.07, 6.45) is 5.95. The lowest BCUT2D eigenvalue weighted by Gasteiger charge is -2.15. The van der Waals surface area contributed by atoms with Crippen molar-refractivity contribution in [2.75, 3.05) is 30.7 Å². The van der Waals surface area contributed by atoms with E-state index in [1.165, 1.54) is 48.0 Å². The van der Waals surface area contributed by atoms with Crippen molar-refractivity contribution in [2.24, 2.45) is 0 Å². The summed E-state index contributed by atoms with van der Waals surface area (Å²) in [6, 6.07) is 9.98. The van der Waals surface area contributed by atoms with Crippen LogP contribution in [0.25, 0.3) is 10.9 Å². The summed E-state index contributed by atoms with van der Waals surface area (Å²) in [5.74, 6) is 0.111. The van der Waals surface area contributed by atoms with E-state index in [1.807, 2.05) is 6.07 Å². The third kappa shape index (κ3) is 6.04. The molecular weight excluding hydrogens is 445 g/mol. The molecule has 178 valence electrons. The average molecular weight is 476 g/mol. The number of sulfonamides is 1. The van der Waals surface area contributed by atoms with Gasteiger partial charge in [0.2, 0.25) is 10.0 Å². The third-order valence-electron chi connectivity index (χ3n) is 5.88. The number of anilines is 1. The Kier molecular flexibility index (Phi) is 7.21. The van der Waals surface area contributed by atoms with E-state index in [2.05, 4.69) is 27.2 Å². The van der Waals surface area contributed by atoms with Crippen LogP contribution in [0.5, 0.6) is 5.75 Å². The van der Waals surface area contributed by atoms with Crippen LogP contribution in [0.1, 0.15) is 42.2 Å². The standard InChI is InChI=1S/C24H30FN3O4S/c1-33(30,31)28-23-13-16(7-9-20(23)25)24(29)15-26-11-12-32-17-8-10-22-19(14-17)18-5-3-2-4-6-21(18)27-22/h7-10,13-14,24,26-29H,2-6,11-12,15H2,1H3/t24-/m0/s1. The Morgan fingerprint density at radius 2 is 1.97 bits per heavy atom. The van der Waals surface area contributed by atoms with Gasteiger partial charge in [-0.2, -0.15) is 0 Å². The zero-order valence-corrected chi connectivity index (χ0v) is 19.5. The molecule has 0 bridgehead atoms. The fourth-order valence-corrected chi connectivity index (χ4v) is 4.83. The zero-order chi connectivity index (χ0) is 23.4. The van der Waals surface area contributed by atoms with Crippen molar-refractivity contribution in [1.29, 1.82) is 0 Å². The number of hydrogen-bond acceptors (Lipinski definition) is 5. The maximum absolute atomic E-state index is 13.8. The average Bonchev–Trinajstić information content (AvgIpc) is 2.94. The highest BCUT2D eigenvalue weighted by molar-refractivity contribution is 7.92. The van der Waals surface area contributed by atoms with Gasteiger partial charge >= 0.3 is 0 Å². The first-order chi connectivity index (χ1) is 15.8. The first-order valence-corrected chi connectivity index (χ1v) is 13.1. The molecule has 0 unspecified atom stereocenters. The molecule has 0 saturated carbocycles. The lowest BCUT2D eigenvalue weighted by Crippen LogP contribution is -2.26. The zero-order valence-electron chi connectivity index (χ0n) is 18.7. The van der Waals surface area contributed by atoms with Crippen LogP contribution in [-0.4, -0.2) is 44.5 Å². The van der Waals surface area contributed by atoms with Crippen molar-refractivity contribution in [3.05, 3.63) is 59.0 Å². The Morgan fingerprint density at radius 3 is 2.79 bits per heavy atom. The molecule has 0 saturated heterocycles. The largest absolute Gasteiger partial charge is 0.492 e. The van der Waals surface area contributed by atoms with Gasteiger partial charge in [0.15, 0.2) is 0 Å². The van der Waals surface area contributed by atoms with Crippen molar-refractivity contribution < 1.29 is 22.7 Å². The van der Waals surface area contributed by atoms with Crippen molar-refractivity contribution in [2.45, 2.75) is 38.2 Å². The number of fused-ring (bicyclic) bond motifs is 3. The number of aryl methyl sites for hydroxylation is 2. The van der Waals surface area contributed by atoms with E-state index in [4.69, 9.17) is 4.74 Å². The molecule has 1 aromatic heterocycles. The quantitative estimate of drug-likeness (QED) is 0.279. The van der Waals surface area contributed by atoms with E-state index >= 15 is 0 Å². The molecule has 7 nitrogen and oxygen atoms in total. The van der Waals surface area contributed by atoms with Crippen molar-refractivity contribution >= 4 is 26.6 Å². The highest BCUT2D eigenvalue weighted by Crippen LogP contribution is 2.31. The second kappa shape index (κ2) is 10.1. The second-order valence-electron chi connectivity index (χ2n) is 8.53. The van der Waals surface area contributed by atoms with E-state index in [9.17, 15) is 17.9 Å². The summed E-state index contributed by atoms with van der Waals surface area (Å²) < 4.78 is 44.6. The van der Waals surface area contributed by atoms with E-state index in [-0.39, 0.29) is 12.2 Å². The van der Waals surface area contributed by atoms with E-state index in [0.717, 1.165) is 36.4 Å². The van der Waals surface area contributed by atoms with E-state index in [0.29, 0.717) is 18.7 Å². The molecular formula is C24H30FN3O4S. The first kappa shape index (κ1) is 23.5. The monoisotopic (exact) mass is 475 g/mol. The number of nitrogens with one attached hydrogen (secondary N) is 3. The fraction of sp³-hybridized carbons (Fsp3) is 0.417. The van der Waals surface area contributed by atoms with Crippen LogP contribution < -0.4 is 14.8 Å². The molecule has 1 aliphatic rings. The number of ether oxygens (including phenoxy) is 1. The van der Waals surface area contributed by atoms with Gasteiger partial charge in [0.05, 0.1) is 18.0 Å². The fourth-order valence-electron chi connectivity index (χ4n) is 4.28. The Labute approximate surface area is 193 Å². The third-order valence-corrected chi connectivity index (χ3v) is 6.47. The van der Waals surface area contributed by atoms with Crippen LogP contribution in [0.15, 0.2) is 36.4 Å². The molecule has 1 aliphatic carbocycles. The number of aromatic nitrogens is 1. The molecule has 33 heavy (non-hydrogen) atoms. The number of hydrogen-bond donors (Lipinski definition) is 4. The van der Waals surface area contributed by atoms with Crippen LogP contribution in [0.2, 0.25) is 0 Å². The highest BCUT2D eigenvalue weighted by atomic mass is 32.2. The molecule has 1 heterocycles. The Balaban J connectivity index is 1.28. The summed E-state index contributed by atoms with van der Waals surface area (Å²) in [4.78, 5) is 3.55. The van der Waals surface area contributed by atoms with Gasteiger partial charge < -0.3 is 20.1 Å². The topological polar surface area (TPSA) is 103 Å². The summed E-state index contributed by atoms with van der Waals surface area (Å²) in [5, 5.41) is 14.7. The number of rotatable bonds is 9. The van der Waals surface area contributed by atoms with Crippen molar-refractivity contribution in [3.63, 3.8) is 0 Å². The van der Waals surface area contributed by atoms with Crippen LogP contribution >= 0.6 is 0 Å². The number of aromatic amines is 1. The molecule has 3 aromatic rings. The Morgan fingerprint density at radius 1 is 1.15 bits per heavy atom. The summed E-state index contributed by atoms with van der Waals surface area (Å²) in [7, 11) is -3.62. The van der Waals surface area contributed by atoms with Crippen LogP contribution in [0.3, 0.4) is 0 Å². The predicted octanol–water partition coefficient (Wildman–Crippen LogP) is 3.65. The number of aliphatic hydroxyl groups excluding tert-OH is 1. The number of H-pyrrole nitrogens is 1. The molecule has 0 amide bonds. The molecule has 1 atom stereocenters. The van der Waals surface area contributed by atoms with Crippen LogP contribution in [-0.2, 0) is 22.9 Å². The van der Waals surface area contributed by atoms with E-state index < -0.39 is 21.9 Å². The smallest absolute Gasteiger partial charge is 0.229 e. The first-order valence-electron chi connectivity index (χ1n) is 11.2. The van der Waals surface area contributed by atoms with Gasteiger partial charge in [-0.3, -0.25) is 4.72 Å². The molecule has 0 aliphatic heterocycles. The van der Waals surface area contributed by atoms with Crippen molar-refractivity contribution in [1.82, 2.24) is 10.3 Å². The molecule has 0 radical (unpaired) electrons. The number of halogens is 1. The van der Waals surface area contributed by atoms with E-state index in [1.54, 1.807) is 0 Å². The summed E-state index contributed by atoms with van der Waals surface area (Å²) >= 11 is 0. The van der Waals surface area contributed by atoms with Gasteiger partial charge in [0, 0.05) is 29.7 Å². The maximum Gasteiger partial charge on any atom is 0.229 e. The second-order valence-corrected chi connectivity index (χ2v) is 10.3. The lowest BCUT2D eigenvalue weighted by molar-refractivity contribution is 0.172. The highest BCUT2D eigenvalue weighted by Gasteiger charge is 2.15. The van der Waals surface area contributed by atoms with Crippen molar-refractivity contribution in [3.8, 4) is 5.75 Å². The van der Waals surface area contributed by atoms with Gasteiger partial charge in [-0.05, 0) is 67.1 Å². The molecule has 0 fully saturated rings. The Bertz CT molecular complexity index is 1230. The van der Waals surface area contributed by atoms with Gasteiger partial charge in [0.25, 0.3) is 0 Å². The molecule has 2 aromatic carbocycles. The minimum absolute atomic E-state index is 0.185. The minimum atomic E-state index is -3.62. The maximum atomic E-state index is 13.8. The van der Waals surface area contributed by atoms with Crippen LogP contribution in [0.4, 0.5) is 10.1 Å². The predicted molar refractivity (Wildman–Crippen MR) is 128 cm³/mol. The summed E-state index contributed by atoms with van der Waals surface area (Å²) in [5.41, 5.74) is 4.15. The lowest BCUT2D eigenvalue weighted by atomic mass is 10.1. The molecule has 9 heteroatoms. The summed E-state index contributed by atoms with van der Waals surface area (Å²) in [6.45, 7) is 1.16. The SMILES string of the molecule is CS(=O)(=O)Nc1cc([C@@H](O)CNCCOc2ccc3[nH]c4c(c3c2)CCCCC4)ccc1F. The van der Waals surface area contributed by atoms with Gasteiger partial charge in [-0.25, -0.2) is 12.8 Å². The number of benzene rings is 2. The van der Waals surface area contributed by atoms with Gasteiger partial charge in [0.1, 0.15) is 18.2 Å². The number of aliphatic hydroxyl groups is 1. The van der Waals surface area contributed by atoms with Gasteiger partial charge in [-0.15, -0.1) is 0 Å². The normalized spacial score (nSPS) is 15.1. The molecule has 4 N–H and O–H groups in total. The molecule has 0 spiro atoms. The minimum Gasteiger partial charge on any atom is -0.492 e. The molecule has 4 rings (SSSR count).